The molecular formula is C15H20N4O3. The zero-order valence-corrected chi connectivity index (χ0v) is 13.5. The normalized spacial score (nSPS) is 10.4. The molecule has 0 aliphatic carbocycles. The van der Waals surface area contributed by atoms with E-state index in [9.17, 15) is 0 Å². The molecule has 2 rings (SSSR count). The maximum atomic E-state index is 5.31. The van der Waals surface area contributed by atoms with Crippen molar-refractivity contribution in [2.24, 2.45) is 0 Å². The van der Waals surface area contributed by atoms with E-state index >= 15 is 0 Å². The van der Waals surface area contributed by atoms with Gasteiger partial charge in [-0.1, -0.05) is 18.2 Å². The first-order valence-electron chi connectivity index (χ1n) is 6.77. The van der Waals surface area contributed by atoms with Crippen molar-refractivity contribution in [3.63, 3.8) is 0 Å². The van der Waals surface area contributed by atoms with Crippen molar-refractivity contribution >= 4 is 11.6 Å². The van der Waals surface area contributed by atoms with Gasteiger partial charge in [0.2, 0.25) is 5.95 Å². The molecule has 22 heavy (non-hydrogen) atoms. The molecule has 0 saturated carbocycles. The van der Waals surface area contributed by atoms with Crippen molar-refractivity contribution in [3.05, 3.63) is 29.3 Å². The summed E-state index contributed by atoms with van der Waals surface area (Å²) in [6.07, 6.45) is 0. The van der Waals surface area contributed by atoms with E-state index in [0.717, 1.165) is 16.8 Å². The number of ether oxygens (including phenoxy) is 3. The van der Waals surface area contributed by atoms with Crippen molar-refractivity contribution in [3.8, 4) is 12.0 Å². The van der Waals surface area contributed by atoms with Crippen LogP contribution in [0.4, 0.5) is 11.6 Å². The van der Waals surface area contributed by atoms with Crippen LogP contribution in [0.5, 0.6) is 12.0 Å². The van der Waals surface area contributed by atoms with Crippen molar-refractivity contribution < 1.29 is 14.2 Å². The molecule has 0 unspecified atom stereocenters. The smallest absolute Gasteiger partial charge is 0.324 e. The third-order valence-corrected chi connectivity index (χ3v) is 3.16. The number of aromatic nitrogens is 3. The van der Waals surface area contributed by atoms with Gasteiger partial charge in [0.05, 0.1) is 19.9 Å². The minimum Gasteiger partial charge on any atom is -0.467 e. The molecular weight excluding hydrogens is 284 g/mol. The van der Waals surface area contributed by atoms with E-state index in [1.165, 1.54) is 14.2 Å². The summed E-state index contributed by atoms with van der Waals surface area (Å²) in [5, 5.41) is 0. The molecule has 0 aliphatic rings. The highest BCUT2D eigenvalue weighted by Crippen LogP contribution is 2.30. The zero-order chi connectivity index (χ0) is 16.1. The van der Waals surface area contributed by atoms with Gasteiger partial charge in [0, 0.05) is 7.11 Å². The van der Waals surface area contributed by atoms with Crippen molar-refractivity contribution in [1.29, 1.82) is 0 Å². The zero-order valence-electron chi connectivity index (χ0n) is 13.5. The van der Waals surface area contributed by atoms with Gasteiger partial charge in [-0.15, -0.1) is 4.98 Å². The quantitative estimate of drug-likeness (QED) is 0.758. The molecule has 0 fully saturated rings. The van der Waals surface area contributed by atoms with Gasteiger partial charge in [0.15, 0.2) is 0 Å². The highest BCUT2D eigenvalue weighted by Gasteiger charge is 2.19. The Morgan fingerprint density at radius 2 is 1.45 bits per heavy atom. The topological polar surface area (TPSA) is 69.6 Å². The summed E-state index contributed by atoms with van der Waals surface area (Å²) < 4.78 is 15.5. The largest absolute Gasteiger partial charge is 0.467 e. The van der Waals surface area contributed by atoms with Crippen LogP contribution in [0.1, 0.15) is 11.1 Å². The summed E-state index contributed by atoms with van der Waals surface area (Å²) in [6.45, 7) is 4.35. The predicted octanol–water partition coefficient (Wildman–Crippen LogP) is 2.25. The predicted molar refractivity (Wildman–Crippen MR) is 82.9 cm³/mol. The molecule has 0 radical (unpaired) electrons. The van der Waals surface area contributed by atoms with E-state index in [1.54, 1.807) is 7.11 Å². The fourth-order valence-electron chi connectivity index (χ4n) is 2.21. The van der Waals surface area contributed by atoms with Crippen LogP contribution in [-0.4, -0.2) is 43.0 Å². The molecule has 0 N–H and O–H groups in total. The number of para-hydroxylation sites is 1. The summed E-state index contributed by atoms with van der Waals surface area (Å²) in [4.78, 5) is 14.5. The number of anilines is 2. The lowest BCUT2D eigenvalue weighted by Gasteiger charge is -2.25. The molecule has 0 amide bonds. The summed E-state index contributed by atoms with van der Waals surface area (Å²) in [7, 11) is 4.62. The third-order valence-electron chi connectivity index (χ3n) is 3.16. The van der Waals surface area contributed by atoms with Crippen molar-refractivity contribution in [2.45, 2.75) is 13.8 Å². The Bertz CT molecular complexity index is 606. The fraction of sp³-hybridized carbons (Fsp3) is 0.400. The molecule has 0 aliphatic heterocycles. The number of nitrogens with zero attached hydrogens (tertiary/aromatic N) is 4. The average molecular weight is 304 g/mol. The molecule has 1 aromatic heterocycles. The molecule has 0 saturated heterocycles. The standard InChI is InChI=1S/C15H20N4O3/c1-10-7-6-8-11(2)12(10)19(9-20-3)13-16-14(21-4)18-15(17-13)22-5/h6-8H,9H2,1-5H3. The van der Waals surface area contributed by atoms with Crippen molar-refractivity contribution in [1.82, 2.24) is 15.0 Å². The van der Waals surface area contributed by atoms with Gasteiger partial charge in [-0.25, -0.2) is 0 Å². The summed E-state index contributed by atoms with van der Waals surface area (Å²) in [5.41, 5.74) is 3.17. The second-order valence-corrected chi connectivity index (χ2v) is 4.70. The molecule has 2 aromatic rings. The van der Waals surface area contributed by atoms with E-state index < -0.39 is 0 Å². The Morgan fingerprint density at radius 1 is 0.909 bits per heavy atom. The number of methoxy groups -OCH3 is 3. The Morgan fingerprint density at radius 3 is 1.91 bits per heavy atom. The molecule has 0 bridgehead atoms. The second kappa shape index (κ2) is 7.04. The number of rotatable bonds is 6. The van der Waals surface area contributed by atoms with Gasteiger partial charge >= 0.3 is 12.0 Å². The Kier molecular flexibility index (Phi) is 5.11. The Balaban J connectivity index is 2.57. The minimum absolute atomic E-state index is 0.189. The molecule has 1 aromatic carbocycles. The molecule has 118 valence electrons. The van der Waals surface area contributed by atoms with Gasteiger partial charge in [0.1, 0.15) is 6.73 Å². The fourth-order valence-corrected chi connectivity index (χ4v) is 2.21. The van der Waals surface area contributed by atoms with Crippen LogP contribution in [0.15, 0.2) is 18.2 Å². The van der Waals surface area contributed by atoms with Gasteiger partial charge in [-0.05, 0) is 25.0 Å². The van der Waals surface area contributed by atoms with Crippen LogP contribution >= 0.6 is 0 Å². The van der Waals surface area contributed by atoms with Crippen molar-refractivity contribution in [2.75, 3.05) is 33.0 Å². The first kappa shape index (κ1) is 16.0. The SMILES string of the molecule is COCN(c1nc(OC)nc(OC)n1)c1c(C)cccc1C. The van der Waals surface area contributed by atoms with Crippen LogP contribution < -0.4 is 14.4 Å². The van der Waals surface area contributed by atoms with Crippen LogP contribution in [0.25, 0.3) is 0 Å². The molecule has 1 heterocycles. The summed E-state index contributed by atoms with van der Waals surface area (Å²) in [6, 6.07) is 6.44. The number of hydrogen-bond acceptors (Lipinski definition) is 7. The highest BCUT2D eigenvalue weighted by atomic mass is 16.5. The Hall–Kier alpha value is -2.41. The summed E-state index contributed by atoms with van der Waals surface area (Å²) in [5.74, 6) is 0.406. The maximum absolute atomic E-state index is 5.31. The van der Waals surface area contributed by atoms with E-state index in [1.807, 2.05) is 36.9 Å². The number of hydrogen-bond donors (Lipinski definition) is 0. The molecule has 0 atom stereocenters. The maximum Gasteiger partial charge on any atom is 0.324 e. The van der Waals surface area contributed by atoms with E-state index in [-0.39, 0.29) is 12.0 Å². The van der Waals surface area contributed by atoms with Crippen LogP contribution in [0, 0.1) is 13.8 Å². The van der Waals surface area contributed by atoms with E-state index in [0.29, 0.717) is 12.7 Å². The molecule has 7 heteroatoms. The molecule has 7 nitrogen and oxygen atoms in total. The van der Waals surface area contributed by atoms with E-state index in [4.69, 9.17) is 14.2 Å². The first-order valence-corrected chi connectivity index (χ1v) is 6.77. The lowest BCUT2D eigenvalue weighted by Crippen LogP contribution is -2.24. The third kappa shape index (κ3) is 3.25. The lowest BCUT2D eigenvalue weighted by atomic mass is 10.1. The van der Waals surface area contributed by atoms with E-state index in [2.05, 4.69) is 15.0 Å². The second-order valence-electron chi connectivity index (χ2n) is 4.70. The number of aryl methyl sites for hydroxylation is 2. The van der Waals surface area contributed by atoms with Crippen LogP contribution in [0.3, 0.4) is 0 Å². The Labute approximate surface area is 129 Å². The van der Waals surface area contributed by atoms with Gasteiger partial charge in [0.25, 0.3) is 0 Å². The highest BCUT2D eigenvalue weighted by molar-refractivity contribution is 5.65. The van der Waals surface area contributed by atoms with Gasteiger partial charge in [-0.3, -0.25) is 4.90 Å². The monoisotopic (exact) mass is 304 g/mol. The summed E-state index contributed by atoms with van der Waals surface area (Å²) >= 11 is 0. The van der Waals surface area contributed by atoms with Crippen LogP contribution in [-0.2, 0) is 4.74 Å². The molecule has 0 spiro atoms. The van der Waals surface area contributed by atoms with Gasteiger partial charge < -0.3 is 14.2 Å². The minimum atomic E-state index is 0.189. The average Bonchev–Trinajstić information content (AvgIpc) is 2.53. The lowest BCUT2D eigenvalue weighted by molar-refractivity contribution is 0.204. The number of benzene rings is 1. The van der Waals surface area contributed by atoms with Crippen LogP contribution in [0.2, 0.25) is 0 Å². The first-order chi connectivity index (χ1) is 10.6. The van der Waals surface area contributed by atoms with Gasteiger partial charge in [-0.2, -0.15) is 9.97 Å².